The molecule has 2 aromatic rings. The number of carbonyl (C=O) groups is 2. The van der Waals surface area contributed by atoms with Crippen LogP contribution in [0.5, 0.6) is 0 Å². The average molecular weight is 250 g/mol. The third kappa shape index (κ3) is 2.79. The first kappa shape index (κ1) is 11.5. The third-order valence-corrected chi connectivity index (χ3v) is 3.24. The molecule has 0 spiro atoms. The van der Waals surface area contributed by atoms with E-state index < -0.39 is 6.09 Å². The van der Waals surface area contributed by atoms with Crippen LogP contribution in [0, 0.1) is 0 Å². The maximum Gasteiger partial charge on any atom is 0.405 e. The third-order valence-electron chi connectivity index (χ3n) is 2.21. The van der Waals surface area contributed by atoms with Crippen molar-refractivity contribution in [3.8, 4) is 0 Å². The van der Waals surface area contributed by atoms with Gasteiger partial charge in [-0.2, -0.15) is 0 Å². The minimum Gasteiger partial charge on any atom is -0.465 e. The quantitative estimate of drug-likeness (QED) is 0.811. The average Bonchev–Trinajstić information content (AvgIpc) is 2.69. The molecule has 1 heterocycles. The Morgan fingerprint density at radius 2 is 2.35 bits per heavy atom. The molecule has 2 rings (SSSR count). The normalized spacial score (nSPS) is 10.4. The Kier molecular flexibility index (Phi) is 3.34. The maximum absolute atomic E-state index is 10.4. The summed E-state index contributed by atoms with van der Waals surface area (Å²) >= 11 is 1.44. The summed E-state index contributed by atoms with van der Waals surface area (Å²) in [5.74, 6) is 0. The Morgan fingerprint density at radius 3 is 3.06 bits per heavy atom. The topological polar surface area (TPSA) is 79.3 Å². The number of benzene rings is 1. The van der Waals surface area contributed by atoms with Gasteiger partial charge in [0.25, 0.3) is 0 Å². The smallest absolute Gasteiger partial charge is 0.405 e. The number of amides is 1. The van der Waals surface area contributed by atoms with E-state index in [1.54, 1.807) is 0 Å². The molecule has 0 saturated heterocycles. The second-order valence-corrected chi connectivity index (χ2v) is 4.55. The van der Waals surface area contributed by atoms with Gasteiger partial charge in [0, 0.05) is 6.42 Å². The van der Waals surface area contributed by atoms with E-state index in [9.17, 15) is 9.59 Å². The Balaban J connectivity index is 2.23. The minimum atomic E-state index is -1.06. The predicted molar refractivity (Wildman–Crippen MR) is 64.3 cm³/mol. The largest absolute Gasteiger partial charge is 0.465 e. The number of nitrogens with one attached hydrogen (secondary N) is 1. The monoisotopic (exact) mass is 250 g/mol. The number of fused-ring (bicyclic) bond motifs is 1. The number of nitrogens with zero attached hydrogens (tertiary/aromatic N) is 1. The standard InChI is InChI=1S/C11H10N2O3S/c14-4-3-7-1-2-9-8(5-7)13-10(17-9)6-12-11(15)16/h1-2,4-5,12H,3,6H2,(H,15,16). The summed E-state index contributed by atoms with van der Waals surface area (Å²) in [5, 5.41) is 11.5. The van der Waals surface area contributed by atoms with E-state index in [0.717, 1.165) is 22.1 Å². The van der Waals surface area contributed by atoms with Gasteiger partial charge < -0.3 is 15.2 Å². The van der Waals surface area contributed by atoms with Crippen molar-refractivity contribution >= 4 is 33.9 Å². The van der Waals surface area contributed by atoms with Crippen LogP contribution in [0.25, 0.3) is 10.2 Å². The predicted octanol–water partition coefficient (Wildman–Crippen LogP) is 1.81. The lowest BCUT2D eigenvalue weighted by atomic mass is 10.1. The molecule has 1 aromatic heterocycles. The van der Waals surface area contributed by atoms with E-state index in [-0.39, 0.29) is 6.54 Å². The SMILES string of the molecule is O=CCc1ccc2sc(CNC(=O)O)nc2c1. The van der Waals surface area contributed by atoms with Gasteiger partial charge in [0.2, 0.25) is 0 Å². The number of hydrogen-bond donors (Lipinski definition) is 2. The van der Waals surface area contributed by atoms with Crippen LogP contribution in [0.4, 0.5) is 4.79 Å². The van der Waals surface area contributed by atoms with Gasteiger partial charge in [-0.3, -0.25) is 0 Å². The maximum atomic E-state index is 10.4. The lowest BCUT2D eigenvalue weighted by molar-refractivity contribution is -0.107. The molecule has 2 N–H and O–H groups in total. The highest BCUT2D eigenvalue weighted by molar-refractivity contribution is 7.18. The molecular weight excluding hydrogens is 240 g/mol. The van der Waals surface area contributed by atoms with E-state index >= 15 is 0 Å². The molecule has 0 atom stereocenters. The minimum absolute atomic E-state index is 0.206. The number of aromatic nitrogens is 1. The molecule has 0 bridgehead atoms. The molecular formula is C11H10N2O3S. The van der Waals surface area contributed by atoms with Gasteiger partial charge in [0.05, 0.1) is 16.8 Å². The summed E-state index contributed by atoms with van der Waals surface area (Å²) < 4.78 is 0.988. The first-order chi connectivity index (χ1) is 8.19. The van der Waals surface area contributed by atoms with E-state index in [0.29, 0.717) is 11.4 Å². The fourth-order valence-electron chi connectivity index (χ4n) is 1.47. The van der Waals surface area contributed by atoms with Crippen LogP contribution in [-0.4, -0.2) is 22.5 Å². The van der Waals surface area contributed by atoms with Crippen molar-refractivity contribution in [3.63, 3.8) is 0 Å². The Labute approximate surface area is 101 Å². The van der Waals surface area contributed by atoms with Crippen LogP contribution < -0.4 is 5.32 Å². The van der Waals surface area contributed by atoms with Crippen LogP contribution in [-0.2, 0) is 17.8 Å². The van der Waals surface area contributed by atoms with E-state index in [1.807, 2.05) is 18.2 Å². The number of thiazole rings is 1. The molecule has 0 unspecified atom stereocenters. The van der Waals surface area contributed by atoms with Crippen LogP contribution in [0.1, 0.15) is 10.6 Å². The van der Waals surface area contributed by atoms with Gasteiger partial charge in [-0.1, -0.05) is 6.07 Å². The zero-order valence-corrected chi connectivity index (χ0v) is 9.66. The summed E-state index contributed by atoms with van der Waals surface area (Å²) in [6, 6.07) is 5.63. The molecule has 1 aromatic carbocycles. The van der Waals surface area contributed by atoms with Crippen LogP contribution >= 0.6 is 11.3 Å². The highest BCUT2D eigenvalue weighted by atomic mass is 32.1. The molecule has 6 heteroatoms. The Bertz CT molecular complexity index is 565. The van der Waals surface area contributed by atoms with Crippen molar-refractivity contribution in [3.05, 3.63) is 28.8 Å². The van der Waals surface area contributed by atoms with Gasteiger partial charge in [0.15, 0.2) is 0 Å². The first-order valence-corrected chi connectivity index (χ1v) is 5.79. The Morgan fingerprint density at radius 1 is 1.53 bits per heavy atom. The summed E-state index contributed by atoms with van der Waals surface area (Å²) in [6.07, 6.45) is 0.155. The zero-order valence-electron chi connectivity index (χ0n) is 8.84. The van der Waals surface area contributed by atoms with Crippen molar-refractivity contribution in [2.75, 3.05) is 0 Å². The molecule has 17 heavy (non-hydrogen) atoms. The van der Waals surface area contributed by atoms with Crippen molar-refractivity contribution in [2.45, 2.75) is 13.0 Å². The van der Waals surface area contributed by atoms with E-state index in [2.05, 4.69) is 10.3 Å². The lowest BCUT2D eigenvalue weighted by Crippen LogP contribution is -2.19. The van der Waals surface area contributed by atoms with E-state index in [4.69, 9.17) is 5.11 Å². The van der Waals surface area contributed by atoms with Gasteiger partial charge >= 0.3 is 6.09 Å². The molecule has 5 nitrogen and oxygen atoms in total. The molecule has 0 aliphatic carbocycles. The summed E-state index contributed by atoms with van der Waals surface area (Å²) in [6.45, 7) is 0.206. The summed E-state index contributed by atoms with van der Waals surface area (Å²) in [5.41, 5.74) is 1.71. The number of carboxylic acid groups (broad SMARTS) is 1. The molecule has 1 amide bonds. The second-order valence-electron chi connectivity index (χ2n) is 3.44. The van der Waals surface area contributed by atoms with Crippen molar-refractivity contribution in [1.82, 2.24) is 10.3 Å². The fraction of sp³-hybridized carbons (Fsp3) is 0.182. The molecule has 0 radical (unpaired) electrons. The summed E-state index contributed by atoms with van der Waals surface area (Å²) in [4.78, 5) is 25.1. The van der Waals surface area contributed by atoms with Crippen molar-refractivity contribution in [2.24, 2.45) is 0 Å². The second kappa shape index (κ2) is 4.92. The van der Waals surface area contributed by atoms with Crippen LogP contribution in [0.3, 0.4) is 0 Å². The van der Waals surface area contributed by atoms with Crippen molar-refractivity contribution in [1.29, 1.82) is 0 Å². The number of rotatable bonds is 4. The number of aldehydes is 1. The highest BCUT2D eigenvalue weighted by Crippen LogP contribution is 2.23. The number of carbonyl (C=O) groups excluding carboxylic acids is 1. The summed E-state index contributed by atoms with van der Waals surface area (Å²) in [7, 11) is 0. The van der Waals surface area contributed by atoms with Crippen LogP contribution in [0.2, 0.25) is 0 Å². The van der Waals surface area contributed by atoms with Gasteiger partial charge in [-0.25, -0.2) is 9.78 Å². The van der Waals surface area contributed by atoms with Gasteiger partial charge in [-0.05, 0) is 17.7 Å². The number of hydrogen-bond acceptors (Lipinski definition) is 4. The highest BCUT2D eigenvalue weighted by Gasteiger charge is 2.05. The van der Waals surface area contributed by atoms with Gasteiger partial charge in [-0.15, -0.1) is 11.3 Å². The molecule has 0 fully saturated rings. The zero-order chi connectivity index (χ0) is 12.3. The molecule has 88 valence electrons. The Hall–Kier alpha value is -1.95. The molecule has 0 aliphatic rings. The first-order valence-electron chi connectivity index (χ1n) is 4.98. The molecule has 0 saturated carbocycles. The van der Waals surface area contributed by atoms with Gasteiger partial charge in [0.1, 0.15) is 11.3 Å². The van der Waals surface area contributed by atoms with Crippen LogP contribution in [0.15, 0.2) is 18.2 Å². The van der Waals surface area contributed by atoms with Crippen molar-refractivity contribution < 1.29 is 14.7 Å². The fourth-order valence-corrected chi connectivity index (χ4v) is 2.36. The molecule has 0 aliphatic heterocycles. The lowest BCUT2D eigenvalue weighted by Gasteiger charge is -1.94. The van der Waals surface area contributed by atoms with E-state index in [1.165, 1.54) is 11.3 Å².